The number of rotatable bonds is 4. The summed E-state index contributed by atoms with van der Waals surface area (Å²) in [5.41, 5.74) is 2.92. The predicted molar refractivity (Wildman–Crippen MR) is 73.9 cm³/mol. The van der Waals surface area contributed by atoms with Crippen molar-refractivity contribution in [3.63, 3.8) is 0 Å². The first kappa shape index (κ1) is 13.2. The largest absolute Gasteiger partial charge is 0.480 e. The van der Waals surface area contributed by atoms with Crippen LogP contribution in [0.15, 0.2) is 41.0 Å². The van der Waals surface area contributed by atoms with Crippen molar-refractivity contribution in [3.05, 3.63) is 47.7 Å². The Bertz CT molecular complexity index is 555. The van der Waals surface area contributed by atoms with Gasteiger partial charge in [-0.15, -0.1) is 0 Å². The lowest BCUT2D eigenvalue weighted by Gasteiger charge is -2.29. The number of benzene rings is 1. The Balaban J connectivity index is 2.58. The van der Waals surface area contributed by atoms with Gasteiger partial charge in [-0.05, 0) is 38.0 Å². The van der Waals surface area contributed by atoms with Gasteiger partial charge in [0.15, 0.2) is 5.88 Å². The predicted octanol–water partition coefficient (Wildman–Crippen LogP) is 3.51. The van der Waals surface area contributed by atoms with Crippen molar-refractivity contribution in [3.8, 4) is 0 Å². The lowest BCUT2D eigenvalue weighted by atomic mass is 10.1. The number of anilines is 2. The molecule has 1 N–H and O–H groups in total. The van der Waals surface area contributed by atoms with Gasteiger partial charge >= 0.3 is 5.97 Å². The van der Waals surface area contributed by atoms with E-state index in [1.807, 2.05) is 32.0 Å². The summed E-state index contributed by atoms with van der Waals surface area (Å²) in [5, 5.41) is 9.31. The van der Waals surface area contributed by atoms with Gasteiger partial charge in [0.1, 0.15) is 6.04 Å². The molecule has 4 nitrogen and oxygen atoms in total. The third-order valence-electron chi connectivity index (χ3n) is 3.17. The lowest BCUT2D eigenvalue weighted by molar-refractivity contribution is -0.138. The van der Waals surface area contributed by atoms with E-state index in [4.69, 9.17) is 4.42 Å². The molecule has 0 spiro atoms. The van der Waals surface area contributed by atoms with Crippen LogP contribution in [0, 0.1) is 13.8 Å². The Labute approximate surface area is 112 Å². The Hall–Kier alpha value is -2.23. The van der Waals surface area contributed by atoms with Crippen LogP contribution in [-0.4, -0.2) is 17.1 Å². The number of para-hydroxylation sites is 1. The maximum absolute atomic E-state index is 11.3. The Morgan fingerprint density at radius 1 is 1.21 bits per heavy atom. The summed E-state index contributed by atoms with van der Waals surface area (Å²) in [5.74, 6) is -0.355. The minimum atomic E-state index is -0.890. The topological polar surface area (TPSA) is 53.7 Å². The van der Waals surface area contributed by atoms with Crippen LogP contribution in [0.25, 0.3) is 0 Å². The van der Waals surface area contributed by atoms with Gasteiger partial charge in [-0.2, -0.15) is 0 Å². The second-order valence-corrected chi connectivity index (χ2v) is 4.58. The summed E-state index contributed by atoms with van der Waals surface area (Å²) in [6.45, 7) is 5.58. The van der Waals surface area contributed by atoms with Gasteiger partial charge in [-0.25, -0.2) is 4.79 Å². The zero-order chi connectivity index (χ0) is 14.0. The van der Waals surface area contributed by atoms with Crippen LogP contribution in [0.1, 0.15) is 18.1 Å². The zero-order valence-corrected chi connectivity index (χ0v) is 11.3. The molecule has 0 aliphatic rings. The molecule has 0 aliphatic heterocycles. The fourth-order valence-corrected chi connectivity index (χ4v) is 2.20. The molecule has 1 atom stereocenters. The van der Waals surface area contributed by atoms with E-state index in [0.29, 0.717) is 5.88 Å². The van der Waals surface area contributed by atoms with Gasteiger partial charge in [-0.3, -0.25) is 4.90 Å². The van der Waals surface area contributed by atoms with Crippen LogP contribution in [-0.2, 0) is 4.79 Å². The number of hydrogen-bond acceptors (Lipinski definition) is 3. The Kier molecular flexibility index (Phi) is 3.60. The molecule has 100 valence electrons. The minimum absolute atomic E-state index is 0.535. The van der Waals surface area contributed by atoms with Crippen molar-refractivity contribution in [2.75, 3.05) is 4.90 Å². The second-order valence-electron chi connectivity index (χ2n) is 4.58. The normalized spacial score (nSPS) is 12.2. The highest BCUT2D eigenvalue weighted by molar-refractivity contribution is 5.82. The third kappa shape index (κ3) is 2.47. The fourth-order valence-electron chi connectivity index (χ4n) is 2.20. The highest BCUT2D eigenvalue weighted by Crippen LogP contribution is 2.33. The smallest absolute Gasteiger partial charge is 0.326 e. The summed E-state index contributed by atoms with van der Waals surface area (Å²) in [6, 6.07) is 8.71. The van der Waals surface area contributed by atoms with E-state index < -0.39 is 12.0 Å². The highest BCUT2D eigenvalue weighted by Gasteiger charge is 2.26. The van der Waals surface area contributed by atoms with E-state index in [2.05, 4.69) is 0 Å². The van der Waals surface area contributed by atoms with Crippen molar-refractivity contribution in [2.24, 2.45) is 0 Å². The number of hydrogen-bond donors (Lipinski definition) is 1. The molecule has 0 bridgehead atoms. The van der Waals surface area contributed by atoms with Gasteiger partial charge in [0.25, 0.3) is 0 Å². The van der Waals surface area contributed by atoms with Gasteiger partial charge in [0, 0.05) is 6.07 Å². The average Bonchev–Trinajstić information content (AvgIpc) is 2.86. The molecule has 0 aliphatic carbocycles. The van der Waals surface area contributed by atoms with E-state index in [0.717, 1.165) is 16.8 Å². The quantitative estimate of drug-likeness (QED) is 0.912. The number of furan rings is 1. The van der Waals surface area contributed by atoms with E-state index >= 15 is 0 Å². The van der Waals surface area contributed by atoms with Crippen LogP contribution in [0.2, 0.25) is 0 Å². The number of carboxylic acid groups (broad SMARTS) is 1. The molecular formula is C15H17NO3. The second kappa shape index (κ2) is 5.18. The summed E-state index contributed by atoms with van der Waals surface area (Å²) in [4.78, 5) is 13.1. The molecule has 0 radical (unpaired) electrons. The number of nitrogens with zero attached hydrogens (tertiary/aromatic N) is 1. The molecular weight excluding hydrogens is 242 g/mol. The van der Waals surface area contributed by atoms with E-state index in [-0.39, 0.29) is 0 Å². The monoisotopic (exact) mass is 259 g/mol. The maximum Gasteiger partial charge on any atom is 0.326 e. The first-order chi connectivity index (χ1) is 9.02. The van der Waals surface area contributed by atoms with Gasteiger partial charge in [-0.1, -0.05) is 18.2 Å². The molecule has 19 heavy (non-hydrogen) atoms. The first-order valence-corrected chi connectivity index (χ1v) is 6.14. The minimum Gasteiger partial charge on any atom is -0.480 e. The summed E-state index contributed by atoms with van der Waals surface area (Å²) in [6.07, 6.45) is 1.55. The standard InChI is InChI=1S/C15H17NO3/c1-10-6-4-7-11(2)14(10)16(12(3)15(17)18)13-8-5-9-19-13/h4-9,12H,1-3H3,(H,17,18). The van der Waals surface area contributed by atoms with Crippen molar-refractivity contribution in [1.82, 2.24) is 0 Å². The first-order valence-electron chi connectivity index (χ1n) is 6.14. The summed E-state index contributed by atoms with van der Waals surface area (Å²) in [7, 11) is 0. The molecule has 0 amide bonds. The summed E-state index contributed by atoms with van der Waals surface area (Å²) < 4.78 is 5.39. The molecule has 1 unspecified atom stereocenters. The van der Waals surface area contributed by atoms with Crippen LogP contribution in [0.5, 0.6) is 0 Å². The van der Waals surface area contributed by atoms with Crippen molar-refractivity contribution in [2.45, 2.75) is 26.8 Å². The molecule has 1 aromatic carbocycles. The van der Waals surface area contributed by atoms with E-state index in [1.54, 1.807) is 30.2 Å². The van der Waals surface area contributed by atoms with Crippen LogP contribution in [0.4, 0.5) is 11.6 Å². The van der Waals surface area contributed by atoms with Crippen molar-refractivity contribution in [1.29, 1.82) is 0 Å². The molecule has 0 saturated heterocycles. The third-order valence-corrected chi connectivity index (χ3v) is 3.17. The molecule has 1 aromatic heterocycles. The van der Waals surface area contributed by atoms with Crippen LogP contribution in [0.3, 0.4) is 0 Å². The highest BCUT2D eigenvalue weighted by atomic mass is 16.4. The summed E-state index contributed by atoms with van der Waals surface area (Å²) >= 11 is 0. The molecule has 1 heterocycles. The average molecular weight is 259 g/mol. The van der Waals surface area contributed by atoms with E-state index in [9.17, 15) is 9.90 Å². The lowest BCUT2D eigenvalue weighted by Crippen LogP contribution is -2.36. The maximum atomic E-state index is 11.3. The molecule has 0 fully saturated rings. The Morgan fingerprint density at radius 3 is 2.32 bits per heavy atom. The molecule has 4 heteroatoms. The SMILES string of the molecule is Cc1cccc(C)c1N(c1ccco1)C(C)C(=O)O. The number of carboxylic acids is 1. The van der Waals surface area contributed by atoms with Gasteiger partial charge in [0.05, 0.1) is 12.0 Å². The molecule has 0 saturated carbocycles. The molecule has 2 aromatic rings. The van der Waals surface area contributed by atoms with Gasteiger partial charge in [0.2, 0.25) is 0 Å². The zero-order valence-electron chi connectivity index (χ0n) is 11.3. The number of carbonyl (C=O) groups is 1. The van der Waals surface area contributed by atoms with Crippen LogP contribution < -0.4 is 4.90 Å². The number of aryl methyl sites for hydroxylation is 2. The van der Waals surface area contributed by atoms with Crippen molar-refractivity contribution < 1.29 is 14.3 Å². The van der Waals surface area contributed by atoms with Crippen molar-refractivity contribution >= 4 is 17.5 Å². The van der Waals surface area contributed by atoms with E-state index in [1.165, 1.54) is 0 Å². The molecule has 2 rings (SSSR count). The van der Waals surface area contributed by atoms with Gasteiger partial charge < -0.3 is 9.52 Å². The fraction of sp³-hybridized carbons (Fsp3) is 0.267. The number of aliphatic carboxylic acids is 1. The van der Waals surface area contributed by atoms with Crippen LogP contribution >= 0.6 is 0 Å². The Morgan fingerprint density at radius 2 is 1.84 bits per heavy atom.